The Morgan fingerprint density at radius 1 is 0.839 bits per heavy atom. The van der Waals surface area contributed by atoms with E-state index in [0.29, 0.717) is 0 Å². The van der Waals surface area contributed by atoms with Gasteiger partial charge in [-0.15, -0.1) is 0 Å². The first-order valence-corrected chi connectivity index (χ1v) is 10.4. The number of anilines is 2. The number of amides is 1. The van der Waals surface area contributed by atoms with Gasteiger partial charge in [0.1, 0.15) is 6.61 Å². The summed E-state index contributed by atoms with van der Waals surface area (Å²) in [7, 11) is 1.55. The number of aromatic nitrogens is 1. The van der Waals surface area contributed by atoms with Crippen molar-refractivity contribution in [1.29, 1.82) is 0 Å². The van der Waals surface area contributed by atoms with E-state index < -0.39 is 6.09 Å². The third-order valence-corrected chi connectivity index (χ3v) is 5.80. The van der Waals surface area contributed by atoms with E-state index in [1.807, 2.05) is 24.3 Å². The first-order chi connectivity index (χ1) is 14.9. The average Bonchev–Trinajstić information content (AvgIpc) is 2.75. The van der Waals surface area contributed by atoms with Crippen molar-refractivity contribution in [3.05, 3.63) is 76.3 Å². The molecule has 3 aromatic carbocycles. The number of alkyl carbamates (subject to hydrolysis) is 1. The molecule has 158 valence electrons. The fourth-order valence-electron chi connectivity index (χ4n) is 3.65. The second kappa shape index (κ2) is 8.26. The van der Waals surface area contributed by atoms with Gasteiger partial charge in [-0.05, 0) is 91.9 Å². The number of hydrogen-bond acceptors (Lipinski definition) is 4. The molecular weight excluding hydrogens is 386 g/mol. The minimum absolute atomic E-state index is 0.234. The number of carbonyl (C=O) groups is 1. The van der Waals surface area contributed by atoms with Crippen molar-refractivity contribution in [2.24, 2.45) is 0 Å². The van der Waals surface area contributed by atoms with Gasteiger partial charge in [0.15, 0.2) is 0 Å². The van der Waals surface area contributed by atoms with Crippen molar-refractivity contribution in [1.82, 2.24) is 10.3 Å². The van der Waals surface area contributed by atoms with Gasteiger partial charge in [0.2, 0.25) is 0 Å². The van der Waals surface area contributed by atoms with Gasteiger partial charge in [-0.25, -0.2) is 9.78 Å². The predicted molar refractivity (Wildman–Crippen MR) is 127 cm³/mol. The van der Waals surface area contributed by atoms with Crippen LogP contribution in [0.1, 0.15) is 27.8 Å². The summed E-state index contributed by atoms with van der Waals surface area (Å²) in [5, 5.41) is 8.28. The number of aryl methyl sites for hydroxylation is 4. The predicted octanol–water partition coefficient (Wildman–Crippen LogP) is 6.22. The van der Waals surface area contributed by atoms with E-state index >= 15 is 0 Å². The minimum atomic E-state index is -0.437. The van der Waals surface area contributed by atoms with E-state index in [1.165, 1.54) is 22.3 Å². The summed E-state index contributed by atoms with van der Waals surface area (Å²) in [5.41, 5.74) is 9.86. The van der Waals surface area contributed by atoms with E-state index in [-0.39, 0.29) is 6.61 Å². The highest BCUT2D eigenvalue weighted by atomic mass is 16.5. The summed E-state index contributed by atoms with van der Waals surface area (Å²) in [6, 6.07) is 16.7. The lowest BCUT2D eigenvalue weighted by Gasteiger charge is -2.16. The van der Waals surface area contributed by atoms with E-state index in [0.717, 1.165) is 38.7 Å². The van der Waals surface area contributed by atoms with Gasteiger partial charge in [0, 0.05) is 23.5 Å². The number of nitrogens with one attached hydrogen (secondary N) is 2. The van der Waals surface area contributed by atoms with Crippen molar-refractivity contribution in [3.63, 3.8) is 0 Å². The number of ether oxygens (including phenoxy) is 1. The molecule has 5 nitrogen and oxygen atoms in total. The summed E-state index contributed by atoms with van der Waals surface area (Å²) < 4.78 is 5.12. The first-order valence-electron chi connectivity index (χ1n) is 10.4. The molecule has 4 aromatic rings. The number of nitrogens with zero attached hydrogens (tertiary/aromatic N) is 1. The topological polar surface area (TPSA) is 63.2 Å². The standard InChI is InChI=1S/C26H27N3O2/c1-15-10-21-23(12-17(15)3)29-24-13-18(4)16(2)11-22(24)25(21)28-20-8-6-19(7-9-20)14-31-26(30)27-5/h6-13H,14H2,1-5H3,(H,27,30)(H,28,29). The molecule has 0 spiro atoms. The van der Waals surface area contributed by atoms with Gasteiger partial charge >= 0.3 is 6.09 Å². The van der Waals surface area contributed by atoms with Crippen LogP contribution in [0.4, 0.5) is 16.2 Å². The Morgan fingerprint density at radius 3 is 1.87 bits per heavy atom. The molecular formula is C26H27N3O2. The van der Waals surface area contributed by atoms with Crippen LogP contribution in [-0.4, -0.2) is 18.1 Å². The molecule has 4 rings (SSSR count). The largest absolute Gasteiger partial charge is 0.445 e. The van der Waals surface area contributed by atoms with Crippen LogP contribution in [0.2, 0.25) is 0 Å². The number of fused-ring (bicyclic) bond motifs is 2. The Balaban J connectivity index is 1.78. The molecule has 5 heteroatoms. The zero-order valence-electron chi connectivity index (χ0n) is 18.6. The average molecular weight is 414 g/mol. The molecule has 1 heterocycles. The van der Waals surface area contributed by atoms with Crippen molar-refractivity contribution >= 4 is 39.3 Å². The molecule has 0 saturated heterocycles. The van der Waals surface area contributed by atoms with Crippen LogP contribution in [-0.2, 0) is 11.3 Å². The summed E-state index contributed by atoms with van der Waals surface area (Å²) in [5.74, 6) is 0. The zero-order valence-corrected chi connectivity index (χ0v) is 18.6. The molecule has 1 amide bonds. The molecule has 0 aliphatic heterocycles. The monoisotopic (exact) mass is 413 g/mol. The lowest BCUT2D eigenvalue weighted by atomic mass is 9.99. The van der Waals surface area contributed by atoms with E-state index in [4.69, 9.17) is 9.72 Å². The third-order valence-electron chi connectivity index (χ3n) is 5.80. The second-order valence-corrected chi connectivity index (χ2v) is 8.04. The molecule has 2 N–H and O–H groups in total. The Hall–Kier alpha value is -3.60. The van der Waals surface area contributed by atoms with Crippen molar-refractivity contribution in [2.45, 2.75) is 34.3 Å². The van der Waals surface area contributed by atoms with E-state index in [9.17, 15) is 4.79 Å². The summed E-state index contributed by atoms with van der Waals surface area (Å²) in [6.07, 6.45) is -0.437. The molecule has 0 radical (unpaired) electrons. The molecule has 0 unspecified atom stereocenters. The van der Waals surface area contributed by atoms with E-state index in [2.05, 4.69) is 62.6 Å². The highest BCUT2D eigenvalue weighted by Crippen LogP contribution is 2.35. The number of rotatable bonds is 4. The third kappa shape index (κ3) is 4.17. The van der Waals surface area contributed by atoms with Crippen LogP contribution >= 0.6 is 0 Å². The Morgan fingerprint density at radius 2 is 1.35 bits per heavy atom. The highest BCUT2D eigenvalue weighted by Gasteiger charge is 2.13. The van der Waals surface area contributed by atoms with Crippen LogP contribution in [0.3, 0.4) is 0 Å². The maximum Gasteiger partial charge on any atom is 0.407 e. The molecule has 0 fully saturated rings. The maximum atomic E-state index is 11.3. The van der Waals surface area contributed by atoms with Crippen molar-refractivity contribution < 1.29 is 9.53 Å². The van der Waals surface area contributed by atoms with Gasteiger partial charge in [-0.2, -0.15) is 0 Å². The van der Waals surface area contributed by atoms with Gasteiger partial charge in [0.25, 0.3) is 0 Å². The fraction of sp³-hybridized carbons (Fsp3) is 0.231. The van der Waals surface area contributed by atoms with Crippen molar-refractivity contribution in [2.75, 3.05) is 12.4 Å². The first kappa shape index (κ1) is 20.7. The second-order valence-electron chi connectivity index (χ2n) is 8.04. The smallest absolute Gasteiger partial charge is 0.407 e. The summed E-state index contributed by atoms with van der Waals surface area (Å²) in [6.45, 7) is 8.73. The van der Waals surface area contributed by atoms with Gasteiger partial charge in [0.05, 0.1) is 16.7 Å². The molecule has 31 heavy (non-hydrogen) atoms. The lowest BCUT2D eigenvalue weighted by Crippen LogP contribution is -2.18. The van der Waals surface area contributed by atoms with Gasteiger partial charge < -0.3 is 15.4 Å². The molecule has 1 aromatic heterocycles. The summed E-state index contributed by atoms with van der Waals surface area (Å²) >= 11 is 0. The van der Waals surface area contributed by atoms with Gasteiger partial charge in [-0.3, -0.25) is 0 Å². The van der Waals surface area contributed by atoms with Crippen LogP contribution < -0.4 is 10.6 Å². The Bertz CT molecular complexity index is 1230. The number of pyridine rings is 1. The minimum Gasteiger partial charge on any atom is -0.445 e. The lowest BCUT2D eigenvalue weighted by molar-refractivity contribution is 0.142. The Labute approximate surface area is 182 Å². The molecule has 0 aliphatic carbocycles. The van der Waals surface area contributed by atoms with Crippen molar-refractivity contribution in [3.8, 4) is 0 Å². The number of carbonyl (C=O) groups excluding carboxylic acids is 1. The van der Waals surface area contributed by atoms with Crippen LogP contribution in [0.5, 0.6) is 0 Å². The molecule has 0 aliphatic rings. The van der Waals surface area contributed by atoms with Gasteiger partial charge in [-0.1, -0.05) is 12.1 Å². The van der Waals surface area contributed by atoms with Crippen LogP contribution in [0.25, 0.3) is 21.8 Å². The van der Waals surface area contributed by atoms with Crippen LogP contribution in [0.15, 0.2) is 48.5 Å². The maximum absolute atomic E-state index is 11.3. The van der Waals surface area contributed by atoms with E-state index in [1.54, 1.807) is 7.05 Å². The highest BCUT2D eigenvalue weighted by molar-refractivity contribution is 6.09. The number of benzene rings is 3. The summed E-state index contributed by atoms with van der Waals surface area (Å²) in [4.78, 5) is 16.2. The molecule has 0 saturated carbocycles. The Kier molecular flexibility index (Phi) is 5.51. The number of hydrogen-bond donors (Lipinski definition) is 2. The normalized spacial score (nSPS) is 11.0. The molecule has 0 bridgehead atoms. The quantitative estimate of drug-likeness (QED) is 0.390. The SMILES string of the molecule is CNC(=O)OCc1ccc(Nc2c3cc(C)c(C)cc3nc3cc(C)c(C)cc23)cc1. The van der Waals surface area contributed by atoms with Crippen LogP contribution in [0, 0.1) is 27.7 Å². The molecule has 0 atom stereocenters. The zero-order chi connectivity index (χ0) is 22.1. The fourth-order valence-corrected chi connectivity index (χ4v) is 3.65.